The molecule has 5 N–H and O–H groups in total. The second kappa shape index (κ2) is 5.75. The average molecular weight is 320 g/mol. The van der Waals surface area contributed by atoms with Crippen molar-refractivity contribution in [3.05, 3.63) is 58.1 Å². The van der Waals surface area contributed by atoms with Gasteiger partial charge in [0.1, 0.15) is 0 Å². The molecular formula is C14H14BrN3O. The SMILES string of the molecule is NC(=O)c1ccc(Br)cc1NCc1cccc(N)c1. The van der Waals surface area contributed by atoms with Gasteiger partial charge in [-0.15, -0.1) is 0 Å². The Kier molecular flexibility index (Phi) is 4.06. The molecule has 2 aromatic rings. The number of anilines is 2. The third-order valence-corrected chi connectivity index (χ3v) is 3.17. The van der Waals surface area contributed by atoms with Crippen LogP contribution in [-0.2, 0) is 6.54 Å². The molecule has 2 aromatic carbocycles. The van der Waals surface area contributed by atoms with Crippen LogP contribution in [0.3, 0.4) is 0 Å². The normalized spacial score (nSPS) is 10.2. The number of nitrogens with two attached hydrogens (primary N) is 2. The summed E-state index contributed by atoms with van der Waals surface area (Å²) >= 11 is 3.37. The van der Waals surface area contributed by atoms with Crippen LogP contribution in [-0.4, -0.2) is 5.91 Å². The first-order valence-electron chi connectivity index (χ1n) is 5.74. The molecule has 0 fully saturated rings. The van der Waals surface area contributed by atoms with E-state index < -0.39 is 5.91 Å². The van der Waals surface area contributed by atoms with E-state index in [4.69, 9.17) is 11.5 Å². The average Bonchev–Trinajstić information content (AvgIpc) is 2.36. The highest BCUT2D eigenvalue weighted by Gasteiger charge is 2.08. The molecule has 0 aliphatic heterocycles. The van der Waals surface area contributed by atoms with Gasteiger partial charge in [-0.05, 0) is 35.9 Å². The number of nitrogen functional groups attached to an aromatic ring is 1. The Hall–Kier alpha value is -2.01. The maximum atomic E-state index is 11.3. The second-order valence-corrected chi connectivity index (χ2v) is 5.07. The highest BCUT2D eigenvalue weighted by molar-refractivity contribution is 9.10. The third kappa shape index (κ3) is 3.48. The van der Waals surface area contributed by atoms with Gasteiger partial charge in [-0.1, -0.05) is 28.1 Å². The minimum Gasteiger partial charge on any atom is -0.399 e. The number of carbonyl (C=O) groups excluding carboxylic acids is 1. The Morgan fingerprint density at radius 1 is 1.21 bits per heavy atom. The first kappa shape index (κ1) is 13.4. The van der Waals surface area contributed by atoms with E-state index in [2.05, 4.69) is 21.2 Å². The van der Waals surface area contributed by atoms with Crippen LogP contribution in [0.25, 0.3) is 0 Å². The molecule has 0 aromatic heterocycles. The Labute approximate surface area is 119 Å². The minimum atomic E-state index is -0.456. The second-order valence-electron chi connectivity index (χ2n) is 4.15. The maximum absolute atomic E-state index is 11.3. The van der Waals surface area contributed by atoms with Crippen molar-refractivity contribution in [2.24, 2.45) is 5.73 Å². The van der Waals surface area contributed by atoms with Gasteiger partial charge in [-0.2, -0.15) is 0 Å². The van der Waals surface area contributed by atoms with Gasteiger partial charge in [0.15, 0.2) is 0 Å². The standard InChI is InChI=1S/C14H14BrN3O/c15-10-4-5-12(14(17)19)13(7-10)18-8-9-2-1-3-11(16)6-9/h1-7,18H,8,16H2,(H2,17,19). The molecule has 5 heteroatoms. The van der Waals surface area contributed by atoms with E-state index in [1.165, 1.54) is 0 Å². The fourth-order valence-corrected chi connectivity index (χ4v) is 2.14. The predicted octanol–water partition coefficient (Wildman–Crippen LogP) is 2.74. The molecule has 0 heterocycles. The first-order valence-corrected chi connectivity index (χ1v) is 6.53. The molecule has 19 heavy (non-hydrogen) atoms. The predicted molar refractivity (Wildman–Crippen MR) is 80.8 cm³/mol. The van der Waals surface area contributed by atoms with Crippen molar-refractivity contribution in [1.29, 1.82) is 0 Å². The van der Waals surface area contributed by atoms with Gasteiger partial charge in [0.25, 0.3) is 5.91 Å². The molecule has 0 bridgehead atoms. The van der Waals surface area contributed by atoms with Crippen LogP contribution < -0.4 is 16.8 Å². The van der Waals surface area contributed by atoms with Crippen molar-refractivity contribution < 1.29 is 4.79 Å². The van der Waals surface area contributed by atoms with Crippen molar-refractivity contribution in [2.75, 3.05) is 11.1 Å². The summed E-state index contributed by atoms with van der Waals surface area (Å²) in [5.41, 5.74) is 14.0. The van der Waals surface area contributed by atoms with Crippen LogP contribution in [0.1, 0.15) is 15.9 Å². The highest BCUT2D eigenvalue weighted by Crippen LogP contribution is 2.22. The van der Waals surface area contributed by atoms with Crippen LogP contribution in [0.15, 0.2) is 46.9 Å². The quantitative estimate of drug-likeness (QED) is 0.758. The fourth-order valence-electron chi connectivity index (χ4n) is 1.78. The van der Waals surface area contributed by atoms with Crippen LogP contribution in [0.4, 0.5) is 11.4 Å². The van der Waals surface area contributed by atoms with Crippen LogP contribution in [0, 0.1) is 0 Å². The topological polar surface area (TPSA) is 81.1 Å². The van der Waals surface area contributed by atoms with Crippen LogP contribution in [0.2, 0.25) is 0 Å². The number of halogens is 1. The van der Waals surface area contributed by atoms with E-state index >= 15 is 0 Å². The largest absolute Gasteiger partial charge is 0.399 e. The van der Waals surface area contributed by atoms with E-state index in [-0.39, 0.29) is 0 Å². The summed E-state index contributed by atoms with van der Waals surface area (Å²) in [6.45, 7) is 0.571. The van der Waals surface area contributed by atoms with Crippen LogP contribution in [0.5, 0.6) is 0 Å². The molecule has 4 nitrogen and oxygen atoms in total. The van der Waals surface area contributed by atoms with Gasteiger partial charge in [0, 0.05) is 22.4 Å². The number of rotatable bonds is 4. The van der Waals surface area contributed by atoms with Gasteiger partial charge < -0.3 is 16.8 Å². The molecule has 0 spiro atoms. The minimum absolute atomic E-state index is 0.456. The van der Waals surface area contributed by atoms with E-state index in [1.54, 1.807) is 12.1 Å². The van der Waals surface area contributed by atoms with Gasteiger partial charge in [0.05, 0.1) is 5.56 Å². The van der Waals surface area contributed by atoms with Gasteiger partial charge in [-0.25, -0.2) is 0 Å². The number of nitrogens with one attached hydrogen (secondary N) is 1. The lowest BCUT2D eigenvalue weighted by Crippen LogP contribution is -2.14. The number of amides is 1. The van der Waals surface area contributed by atoms with Crippen molar-refractivity contribution >= 4 is 33.2 Å². The highest BCUT2D eigenvalue weighted by atomic mass is 79.9. The third-order valence-electron chi connectivity index (χ3n) is 2.68. The molecule has 1 amide bonds. The Balaban J connectivity index is 2.19. The van der Waals surface area contributed by atoms with Gasteiger partial charge in [0.2, 0.25) is 0 Å². The summed E-state index contributed by atoms with van der Waals surface area (Å²) < 4.78 is 0.882. The Bertz CT molecular complexity index is 613. The maximum Gasteiger partial charge on any atom is 0.250 e. The summed E-state index contributed by atoms with van der Waals surface area (Å²) in [6, 6.07) is 12.9. The molecule has 0 atom stereocenters. The molecule has 2 rings (SSSR count). The Morgan fingerprint density at radius 2 is 2.00 bits per heavy atom. The number of primary amides is 1. The molecule has 0 saturated heterocycles. The van der Waals surface area contributed by atoms with Crippen LogP contribution >= 0.6 is 15.9 Å². The zero-order valence-corrected chi connectivity index (χ0v) is 11.8. The van der Waals surface area contributed by atoms with E-state index in [0.717, 1.165) is 10.0 Å². The van der Waals surface area contributed by atoms with Crippen molar-refractivity contribution in [1.82, 2.24) is 0 Å². The van der Waals surface area contributed by atoms with E-state index in [9.17, 15) is 4.79 Å². The smallest absolute Gasteiger partial charge is 0.250 e. The zero-order valence-electron chi connectivity index (χ0n) is 10.2. The number of carbonyl (C=O) groups is 1. The summed E-state index contributed by atoms with van der Waals surface area (Å²) in [4.78, 5) is 11.3. The first-order chi connectivity index (χ1) is 9.06. The van der Waals surface area contributed by atoms with Crippen molar-refractivity contribution in [3.63, 3.8) is 0 Å². The van der Waals surface area contributed by atoms with Gasteiger partial charge >= 0.3 is 0 Å². The number of hydrogen-bond acceptors (Lipinski definition) is 3. The molecule has 0 saturated carbocycles. The summed E-state index contributed by atoms with van der Waals surface area (Å²) in [7, 11) is 0. The monoisotopic (exact) mass is 319 g/mol. The van der Waals surface area contributed by atoms with Crippen molar-refractivity contribution in [3.8, 4) is 0 Å². The molecular weight excluding hydrogens is 306 g/mol. The molecule has 0 aliphatic rings. The number of hydrogen-bond donors (Lipinski definition) is 3. The summed E-state index contributed by atoms with van der Waals surface area (Å²) in [6.07, 6.45) is 0. The lowest BCUT2D eigenvalue weighted by Gasteiger charge is -2.11. The zero-order chi connectivity index (χ0) is 13.8. The van der Waals surface area contributed by atoms with E-state index in [1.807, 2.05) is 30.3 Å². The number of benzene rings is 2. The summed E-state index contributed by atoms with van der Waals surface area (Å²) in [5.74, 6) is -0.456. The molecule has 0 unspecified atom stereocenters. The lowest BCUT2D eigenvalue weighted by atomic mass is 10.1. The molecule has 0 aliphatic carbocycles. The lowest BCUT2D eigenvalue weighted by molar-refractivity contribution is 0.100. The molecule has 0 radical (unpaired) electrons. The summed E-state index contributed by atoms with van der Waals surface area (Å²) in [5, 5.41) is 3.19. The van der Waals surface area contributed by atoms with E-state index in [0.29, 0.717) is 23.5 Å². The van der Waals surface area contributed by atoms with Gasteiger partial charge in [-0.3, -0.25) is 4.79 Å². The fraction of sp³-hybridized carbons (Fsp3) is 0.0714. The molecule has 98 valence electrons. The Morgan fingerprint density at radius 3 is 2.68 bits per heavy atom. The van der Waals surface area contributed by atoms with Crippen molar-refractivity contribution in [2.45, 2.75) is 6.54 Å².